The summed E-state index contributed by atoms with van der Waals surface area (Å²) >= 11 is 0. The summed E-state index contributed by atoms with van der Waals surface area (Å²) in [5.41, 5.74) is -0.709. The third-order valence-electron chi connectivity index (χ3n) is 3.81. The molecular formula is C14H27NO3. The molecule has 1 aliphatic rings. The van der Waals surface area contributed by atoms with E-state index in [9.17, 15) is 4.79 Å². The average molecular weight is 257 g/mol. The molecule has 0 aromatic carbocycles. The number of ether oxygens (including phenoxy) is 2. The van der Waals surface area contributed by atoms with Gasteiger partial charge in [0.1, 0.15) is 5.54 Å². The molecule has 0 aliphatic heterocycles. The molecule has 0 spiro atoms. The molecule has 1 unspecified atom stereocenters. The van der Waals surface area contributed by atoms with Crippen LogP contribution < -0.4 is 5.32 Å². The predicted molar refractivity (Wildman–Crippen MR) is 71.5 cm³/mol. The summed E-state index contributed by atoms with van der Waals surface area (Å²) in [6, 6.07) is 0.409. The second-order valence-electron chi connectivity index (χ2n) is 5.41. The van der Waals surface area contributed by atoms with Gasteiger partial charge >= 0.3 is 5.97 Å². The van der Waals surface area contributed by atoms with Crippen LogP contribution >= 0.6 is 0 Å². The Hall–Kier alpha value is -0.610. The van der Waals surface area contributed by atoms with Crippen molar-refractivity contribution >= 4 is 5.97 Å². The Morgan fingerprint density at radius 3 is 2.44 bits per heavy atom. The van der Waals surface area contributed by atoms with E-state index >= 15 is 0 Å². The fourth-order valence-electron chi connectivity index (χ4n) is 2.65. The van der Waals surface area contributed by atoms with Crippen LogP contribution in [-0.4, -0.2) is 37.9 Å². The summed E-state index contributed by atoms with van der Waals surface area (Å²) in [5, 5.41) is 3.51. The highest BCUT2D eigenvalue weighted by Gasteiger charge is 2.44. The molecule has 1 saturated carbocycles. The van der Waals surface area contributed by atoms with Gasteiger partial charge in [-0.25, -0.2) is 4.79 Å². The van der Waals surface area contributed by atoms with Crippen molar-refractivity contribution in [3.8, 4) is 0 Å². The van der Waals surface area contributed by atoms with Gasteiger partial charge in [0.05, 0.1) is 13.2 Å². The molecule has 0 saturated heterocycles. The summed E-state index contributed by atoms with van der Waals surface area (Å²) in [6.45, 7) is 6.69. The van der Waals surface area contributed by atoms with Crippen molar-refractivity contribution in [1.29, 1.82) is 0 Å². The maximum Gasteiger partial charge on any atom is 0.329 e. The van der Waals surface area contributed by atoms with Crippen LogP contribution in [0.1, 0.15) is 46.5 Å². The number of carbonyl (C=O) groups is 1. The molecule has 0 radical (unpaired) electrons. The van der Waals surface area contributed by atoms with E-state index in [0.717, 1.165) is 12.8 Å². The van der Waals surface area contributed by atoms with Gasteiger partial charge in [0.25, 0.3) is 0 Å². The Morgan fingerprint density at radius 1 is 1.39 bits per heavy atom. The van der Waals surface area contributed by atoms with Crippen molar-refractivity contribution in [2.45, 2.75) is 58.0 Å². The monoisotopic (exact) mass is 257 g/mol. The standard InChI is InChI=1S/C14H27NO3/c1-5-18-13(16)14(10-17-4,11(2)3)15-12-8-6-7-9-12/h11-12,15H,5-10H2,1-4H3. The van der Waals surface area contributed by atoms with Gasteiger partial charge in [-0.2, -0.15) is 0 Å². The van der Waals surface area contributed by atoms with Gasteiger partial charge in [0.15, 0.2) is 0 Å². The summed E-state index contributed by atoms with van der Waals surface area (Å²) in [4.78, 5) is 12.3. The normalized spacial score (nSPS) is 20.1. The van der Waals surface area contributed by atoms with Crippen molar-refractivity contribution in [3.63, 3.8) is 0 Å². The third kappa shape index (κ3) is 3.45. The van der Waals surface area contributed by atoms with Gasteiger partial charge in [0.2, 0.25) is 0 Å². The van der Waals surface area contributed by atoms with Gasteiger partial charge in [-0.05, 0) is 25.7 Å². The van der Waals surface area contributed by atoms with Crippen molar-refractivity contribution in [2.24, 2.45) is 5.92 Å². The van der Waals surface area contributed by atoms with Gasteiger partial charge in [0, 0.05) is 13.2 Å². The van der Waals surface area contributed by atoms with E-state index in [4.69, 9.17) is 9.47 Å². The zero-order chi connectivity index (χ0) is 13.6. The maximum absolute atomic E-state index is 12.3. The van der Waals surface area contributed by atoms with E-state index in [1.165, 1.54) is 12.8 Å². The van der Waals surface area contributed by atoms with Crippen LogP contribution in [0, 0.1) is 5.92 Å². The first kappa shape index (κ1) is 15.4. The SMILES string of the molecule is CCOC(=O)C(COC)(NC1CCCC1)C(C)C. The van der Waals surface area contributed by atoms with E-state index in [2.05, 4.69) is 5.32 Å². The Bertz CT molecular complexity index is 262. The van der Waals surface area contributed by atoms with Crippen LogP contribution in [0.5, 0.6) is 0 Å². The molecular weight excluding hydrogens is 230 g/mol. The van der Waals surface area contributed by atoms with Crippen LogP contribution in [0.3, 0.4) is 0 Å². The van der Waals surface area contributed by atoms with Gasteiger partial charge in [-0.1, -0.05) is 26.7 Å². The Balaban J connectivity index is 2.84. The summed E-state index contributed by atoms with van der Waals surface area (Å²) < 4.78 is 10.5. The van der Waals surface area contributed by atoms with Crippen molar-refractivity contribution in [2.75, 3.05) is 20.3 Å². The second-order valence-corrected chi connectivity index (χ2v) is 5.41. The first-order valence-electron chi connectivity index (χ1n) is 7.00. The number of rotatable bonds is 7. The van der Waals surface area contributed by atoms with Crippen LogP contribution in [0.4, 0.5) is 0 Å². The predicted octanol–water partition coefficient (Wildman–Crippen LogP) is 2.12. The first-order chi connectivity index (χ1) is 8.56. The number of carbonyl (C=O) groups excluding carboxylic acids is 1. The lowest BCUT2D eigenvalue weighted by atomic mass is 9.86. The fraction of sp³-hybridized carbons (Fsp3) is 0.929. The number of esters is 1. The third-order valence-corrected chi connectivity index (χ3v) is 3.81. The van der Waals surface area contributed by atoms with Crippen molar-refractivity contribution in [3.05, 3.63) is 0 Å². The van der Waals surface area contributed by atoms with Gasteiger partial charge in [-0.3, -0.25) is 5.32 Å². The number of methoxy groups -OCH3 is 1. The average Bonchev–Trinajstić information content (AvgIpc) is 2.81. The Labute approximate surface area is 110 Å². The maximum atomic E-state index is 12.3. The zero-order valence-corrected chi connectivity index (χ0v) is 12.1. The Kier molecular flexibility index (Phi) is 6.09. The molecule has 4 nitrogen and oxygen atoms in total. The smallest absolute Gasteiger partial charge is 0.329 e. The molecule has 106 valence electrons. The molecule has 0 bridgehead atoms. The van der Waals surface area contributed by atoms with Crippen LogP contribution in [-0.2, 0) is 14.3 Å². The van der Waals surface area contributed by atoms with Crippen LogP contribution in [0.2, 0.25) is 0 Å². The lowest BCUT2D eigenvalue weighted by Gasteiger charge is -2.37. The highest BCUT2D eigenvalue weighted by Crippen LogP contribution is 2.26. The van der Waals surface area contributed by atoms with Gasteiger partial charge < -0.3 is 9.47 Å². The number of hydrogen-bond acceptors (Lipinski definition) is 4. The molecule has 1 fully saturated rings. The molecule has 18 heavy (non-hydrogen) atoms. The Morgan fingerprint density at radius 2 is 2.00 bits per heavy atom. The minimum Gasteiger partial charge on any atom is -0.465 e. The highest BCUT2D eigenvalue weighted by molar-refractivity contribution is 5.81. The van der Waals surface area contributed by atoms with Crippen molar-refractivity contribution < 1.29 is 14.3 Å². The molecule has 1 N–H and O–H groups in total. The van der Waals surface area contributed by atoms with Gasteiger partial charge in [-0.15, -0.1) is 0 Å². The lowest BCUT2D eigenvalue weighted by Crippen LogP contribution is -2.62. The molecule has 1 atom stereocenters. The quantitative estimate of drug-likeness (QED) is 0.710. The molecule has 0 amide bonds. The molecule has 4 heteroatoms. The highest BCUT2D eigenvalue weighted by atomic mass is 16.5. The van der Waals surface area contributed by atoms with E-state index < -0.39 is 5.54 Å². The van der Waals surface area contributed by atoms with Crippen molar-refractivity contribution in [1.82, 2.24) is 5.32 Å². The van der Waals surface area contributed by atoms with E-state index in [0.29, 0.717) is 19.3 Å². The number of hydrogen-bond donors (Lipinski definition) is 1. The summed E-state index contributed by atoms with van der Waals surface area (Å²) in [7, 11) is 1.63. The fourth-order valence-corrected chi connectivity index (χ4v) is 2.65. The lowest BCUT2D eigenvalue weighted by molar-refractivity contribution is -0.157. The first-order valence-corrected chi connectivity index (χ1v) is 7.00. The van der Waals surface area contributed by atoms with E-state index in [1.807, 2.05) is 20.8 Å². The molecule has 0 heterocycles. The largest absolute Gasteiger partial charge is 0.465 e. The molecule has 1 aliphatic carbocycles. The zero-order valence-electron chi connectivity index (χ0n) is 12.1. The molecule has 1 rings (SSSR count). The van der Waals surface area contributed by atoms with E-state index in [-0.39, 0.29) is 11.9 Å². The molecule has 0 aromatic heterocycles. The summed E-state index contributed by atoms with van der Waals surface area (Å²) in [6.07, 6.45) is 4.75. The minimum atomic E-state index is -0.709. The topological polar surface area (TPSA) is 47.6 Å². The van der Waals surface area contributed by atoms with Crippen LogP contribution in [0.25, 0.3) is 0 Å². The van der Waals surface area contributed by atoms with E-state index in [1.54, 1.807) is 7.11 Å². The second kappa shape index (κ2) is 7.10. The molecule has 0 aromatic rings. The summed E-state index contributed by atoms with van der Waals surface area (Å²) in [5.74, 6) is -0.0501. The minimum absolute atomic E-state index is 0.136. The number of nitrogens with one attached hydrogen (secondary N) is 1. The van der Waals surface area contributed by atoms with Crippen LogP contribution in [0.15, 0.2) is 0 Å².